The van der Waals surface area contributed by atoms with E-state index >= 15 is 0 Å². The lowest BCUT2D eigenvalue weighted by atomic mass is 9.95. The first kappa shape index (κ1) is 26.6. The second kappa shape index (κ2) is 13.1. The smallest absolute Gasteiger partial charge is 0.208 e. The van der Waals surface area contributed by atoms with Gasteiger partial charge in [0.25, 0.3) is 0 Å². The van der Waals surface area contributed by atoms with E-state index in [1.165, 1.54) is 12.8 Å². The van der Waals surface area contributed by atoms with E-state index in [0.29, 0.717) is 17.2 Å². The summed E-state index contributed by atoms with van der Waals surface area (Å²) in [5, 5.41) is 7.44. The molecule has 1 aromatic rings. The molecule has 1 aliphatic heterocycles. The monoisotopic (exact) mass is 565 g/mol. The topological polar surface area (TPSA) is 82.8 Å². The molecule has 0 radical (unpaired) electrons. The van der Waals surface area contributed by atoms with E-state index in [2.05, 4.69) is 25.5 Å². The Labute approximate surface area is 207 Å². The van der Waals surface area contributed by atoms with Crippen LogP contribution in [-0.4, -0.2) is 63.8 Å². The van der Waals surface area contributed by atoms with Crippen LogP contribution in [0.2, 0.25) is 0 Å². The summed E-state index contributed by atoms with van der Waals surface area (Å²) in [5.74, 6) is 4.06. The van der Waals surface area contributed by atoms with Crippen molar-refractivity contribution < 1.29 is 8.63 Å². The predicted octanol–water partition coefficient (Wildman–Crippen LogP) is 3.37. The van der Waals surface area contributed by atoms with Crippen LogP contribution in [0, 0.1) is 19.8 Å². The van der Waals surface area contributed by atoms with Crippen molar-refractivity contribution in [3.05, 3.63) is 17.3 Å². The number of hydrogen-bond donors (Lipinski definition) is 2. The molecular formula is C22H40IN5O2S. The lowest BCUT2D eigenvalue weighted by molar-refractivity contribution is 0.164. The van der Waals surface area contributed by atoms with Gasteiger partial charge >= 0.3 is 0 Å². The zero-order chi connectivity index (χ0) is 21.5. The van der Waals surface area contributed by atoms with Gasteiger partial charge in [0.2, 0.25) is 5.89 Å². The highest BCUT2D eigenvalue weighted by molar-refractivity contribution is 14.0. The number of likely N-dealkylation sites (tertiary alicyclic amines) is 1. The average Bonchev–Trinajstić information content (AvgIpc) is 3.08. The van der Waals surface area contributed by atoms with Crippen molar-refractivity contribution in [3.63, 3.8) is 0 Å². The lowest BCUT2D eigenvalue weighted by Gasteiger charge is -2.32. The van der Waals surface area contributed by atoms with Gasteiger partial charge in [0, 0.05) is 41.4 Å². The van der Waals surface area contributed by atoms with Crippen LogP contribution in [0.5, 0.6) is 0 Å². The van der Waals surface area contributed by atoms with Crippen molar-refractivity contribution >= 4 is 40.7 Å². The van der Waals surface area contributed by atoms with Gasteiger partial charge in [-0.3, -0.25) is 14.1 Å². The van der Waals surface area contributed by atoms with Crippen LogP contribution in [0.3, 0.4) is 0 Å². The Morgan fingerprint density at radius 2 is 2.00 bits per heavy atom. The van der Waals surface area contributed by atoms with Crippen LogP contribution in [0.15, 0.2) is 9.41 Å². The number of halogens is 1. The number of hydrogen-bond acceptors (Lipinski definition) is 5. The Hall–Kier alpha value is -0.680. The molecule has 2 aliphatic rings. The fourth-order valence-electron chi connectivity index (χ4n) is 4.53. The molecular weight excluding hydrogens is 525 g/mol. The molecule has 9 heteroatoms. The number of nitrogens with zero attached hydrogens (tertiary/aromatic N) is 3. The van der Waals surface area contributed by atoms with Gasteiger partial charge in [-0.1, -0.05) is 13.3 Å². The molecule has 3 atom stereocenters. The van der Waals surface area contributed by atoms with Gasteiger partial charge in [0.1, 0.15) is 5.76 Å². The van der Waals surface area contributed by atoms with Gasteiger partial charge < -0.3 is 15.1 Å². The molecule has 0 amide bonds. The third-order valence-corrected chi connectivity index (χ3v) is 8.28. The Morgan fingerprint density at radius 1 is 1.26 bits per heavy atom. The molecule has 1 saturated heterocycles. The van der Waals surface area contributed by atoms with Crippen LogP contribution >= 0.6 is 24.0 Å². The summed E-state index contributed by atoms with van der Waals surface area (Å²) in [6.45, 7) is 9.89. The maximum atomic E-state index is 12.2. The van der Waals surface area contributed by atoms with Gasteiger partial charge in [0.05, 0.1) is 12.2 Å². The standard InChI is InChI=1S/C22H39N5O2S.HI/c1-5-30(28)20-8-6-7-19(13-20)26-22(23-4)24-14-18-9-11-27(12-10-18)15-21-25-16(2)17(3)29-21;/h18-20H,5-15H2,1-4H3,(H2,23,24,26);1H. The minimum atomic E-state index is -0.693. The number of oxazole rings is 1. The highest BCUT2D eigenvalue weighted by Crippen LogP contribution is 2.23. The largest absolute Gasteiger partial charge is 0.444 e. The summed E-state index contributed by atoms with van der Waals surface area (Å²) >= 11 is 0. The molecule has 0 aromatic carbocycles. The molecule has 178 valence electrons. The van der Waals surface area contributed by atoms with E-state index < -0.39 is 10.8 Å². The van der Waals surface area contributed by atoms with Crippen molar-refractivity contribution in [3.8, 4) is 0 Å². The highest BCUT2D eigenvalue weighted by Gasteiger charge is 2.26. The molecule has 31 heavy (non-hydrogen) atoms. The Bertz CT molecular complexity index is 714. The first-order chi connectivity index (χ1) is 14.5. The molecule has 1 aromatic heterocycles. The lowest BCUT2D eigenvalue weighted by Crippen LogP contribution is -2.48. The number of rotatable bonds is 7. The van der Waals surface area contributed by atoms with E-state index in [0.717, 1.165) is 80.9 Å². The van der Waals surface area contributed by atoms with Crippen LogP contribution in [0.4, 0.5) is 0 Å². The average molecular weight is 566 g/mol. The van der Waals surface area contributed by atoms with Gasteiger partial charge in [-0.25, -0.2) is 4.98 Å². The van der Waals surface area contributed by atoms with Crippen LogP contribution in [0.25, 0.3) is 0 Å². The molecule has 7 nitrogen and oxygen atoms in total. The number of nitrogens with one attached hydrogen (secondary N) is 2. The third-order valence-electron chi connectivity index (χ3n) is 6.54. The Morgan fingerprint density at radius 3 is 2.61 bits per heavy atom. The quantitative estimate of drug-likeness (QED) is 0.300. The number of aliphatic imine (C=N–C) groups is 1. The maximum Gasteiger partial charge on any atom is 0.208 e. The normalized spacial score (nSPS) is 24.5. The molecule has 3 rings (SSSR count). The van der Waals surface area contributed by atoms with Crippen LogP contribution < -0.4 is 10.6 Å². The zero-order valence-electron chi connectivity index (χ0n) is 19.5. The van der Waals surface area contributed by atoms with Gasteiger partial charge in [-0.2, -0.15) is 0 Å². The fourth-order valence-corrected chi connectivity index (χ4v) is 5.87. The predicted molar refractivity (Wildman–Crippen MR) is 139 cm³/mol. The van der Waals surface area contributed by atoms with Gasteiger partial charge in [-0.05, 0) is 65.0 Å². The summed E-state index contributed by atoms with van der Waals surface area (Å²) in [6, 6.07) is 0.375. The fraction of sp³-hybridized carbons (Fsp3) is 0.818. The minimum absolute atomic E-state index is 0. The SMILES string of the molecule is CCS(=O)C1CCCC(NC(=NC)NCC2CCN(Cc3nc(C)c(C)o3)CC2)C1.I. The van der Waals surface area contributed by atoms with Crippen molar-refractivity contribution in [2.75, 3.05) is 32.4 Å². The second-order valence-corrected chi connectivity index (χ2v) is 10.7. The van der Waals surface area contributed by atoms with Gasteiger partial charge in [0.15, 0.2) is 5.96 Å². The first-order valence-corrected chi connectivity index (χ1v) is 12.9. The summed E-state index contributed by atoms with van der Waals surface area (Å²) in [6.07, 6.45) is 6.70. The van der Waals surface area contributed by atoms with E-state index in [9.17, 15) is 4.21 Å². The summed E-state index contributed by atoms with van der Waals surface area (Å²) in [4.78, 5) is 11.4. The molecule has 2 heterocycles. The number of aromatic nitrogens is 1. The first-order valence-electron chi connectivity index (χ1n) is 11.5. The van der Waals surface area contributed by atoms with Crippen molar-refractivity contribution in [2.24, 2.45) is 10.9 Å². The van der Waals surface area contributed by atoms with E-state index in [1.807, 2.05) is 27.8 Å². The summed E-state index contributed by atoms with van der Waals surface area (Å²) in [5.41, 5.74) is 0.994. The van der Waals surface area contributed by atoms with E-state index in [4.69, 9.17) is 4.42 Å². The summed E-state index contributed by atoms with van der Waals surface area (Å²) in [7, 11) is 1.14. The Kier molecular flexibility index (Phi) is 11.3. The molecule has 2 N–H and O–H groups in total. The summed E-state index contributed by atoms with van der Waals surface area (Å²) < 4.78 is 17.9. The number of piperidine rings is 1. The molecule has 1 saturated carbocycles. The van der Waals surface area contributed by atoms with Crippen LogP contribution in [0.1, 0.15) is 62.8 Å². The van der Waals surface area contributed by atoms with E-state index in [1.54, 1.807) is 0 Å². The maximum absolute atomic E-state index is 12.2. The molecule has 0 spiro atoms. The third kappa shape index (κ3) is 7.99. The number of guanidine groups is 1. The molecule has 2 fully saturated rings. The zero-order valence-corrected chi connectivity index (χ0v) is 22.6. The van der Waals surface area contributed by atoms with Gasteiger partial charge in [-0.15, -0.1) is 24.0 Å². The highest BCUT2D eigenvalue weighted by atomic mass is 127. The molecule has 0 bridgehead atoms. The van der Waals surface area contributed by atoms with Crippen molar-refractivity contribution in [1.82, 2.24) is 20.5 Å². The van der Waals surface area contributed by atoms with Crippen LogP contribution in [-0.2, 0) is 17.3 Å². The Balaban J connectivity index is 0.00000341. The van der Waals surface area contributed by atoms with E-state index in [-0.39, 0.29) is 24.0 Å². The van der Waals surface area contributed by atoms with Crippen molar-refractivity contribution in [2.45, 2.75) is 77.1 Å². The van der Waals surface area contributed by atoms with Crippen molar-refractivity contribution in [1.29, 1.82) is 0 Å². The molecule has 1 aliphatic carbocycles. The number of aryl methyl sites for hydroxylation is 2. The minimum Gasteiger partial charge on any atom is -0.444 e. The molecule has 3 unspecified atom stereocenters. The second-order valence-electron chi connectivity index (χ2n) is 8.72.